The zero-order valence-electron chi connectivity index (χ0n) is 16.7. The van der Waals surface area contributed by atoms with Crippen molar-refractivity contribution in [2.24, 2.45) is 0 Å². The van der Waals surface area contributed by atoms with Gasteiger partial charge in [0, 0.05) is 61.0 Å². The van der Waals surface area contributed by atoms with Gasteiger partial charge in [0.25, 0.3) is 0 Å². The topological polar surface area (TPSA) is 27.7 Å². The van der Waals surface area contributed by atoms with Crippen LogP contribution in [0, 0.1) is 20.8 Å². The lowest BCUT2D eigenvalue weighted by molar-refractivity contribution is 0.622. The Bertz CT molecular complexity index is 918. The maximum atomic E-state index is 5.57. The third-order valence-corrected chi connectivity index (χ3v) is 5.45. The average Bonchev–Trinajstić information content (AvgIpc) is 2.71. The second-order valence-corrected chi connectivity index (χ2v) is 6.97. The van der Waals surface area contributed by atoms with Crippen molar-refractivity contribution in [3.63, 3.8) is 0 Å². The van der Waals surface area contributed by atoms with Gasteiger partial charge in [0.1, 0.15) is 11.5 Å². The first-order valence-corrected chi connectivity index (χ1v) is 10.1. The normalized spacial score (nSPS) is 11.8. The zero-order chi connectivity index (χ0) is 20.8. The predicted octanol–water partition coefficient (Wildman–Crippen LogP) is 7.32. The highest BCUT2D eigenvalue weighted by Crippen LogP contribution is 2.48. The smallest absolute Gasteiger partial charge is 0.152 e. The van der Waals surface area contributed by atoms with Gasteiger partial charge in [-0.3, -0.25) is 0 Å². The van der Waals surface area contributed by atoms with Crippen molar-refractivity contribution in [3.05, 3.63) is 58.7 Å². The summed E-state index contributed by atoms with van der Waals surface area (Å²) in [6.07, 6.45) is 7.19. The summed E-state index contributed by atoms with van der Waals surface area (Å²) in [5.41, 5.74) is 6.43. The number of para-hydroxylation sites is 1. The van der Waals surface area contributed by atoms with Gasteiger partial charge in [-0.15, -0.1) is 0 Å². The molecule has 0 bridgehead atoms. The van der Waals surface area contributed by atoms with Gasteiger partial charge in [-0.2, -0.15) is 0 Å². The molecule has 0 unspecified atom stereocenters. The highest BCUT2D eigenvalue weighted by molar-refractivity contribution is 7.75. The lowest BCUT2D eigenvalue weighted by atomic mass is 9.90. The molecule has 0 saturated carbocycles. The highest BCUT2D eigenvalue weighted by atomic mass is 32.1. The van der Waals surface area contributed by atoms with Crippen molar-refractivity contribution < 1.29 is 12.5 Å². The Hall–Kier alpha value is -1.63. The number of benzene rings is 2. The van der Waals surface area contributed by atoms with E-state index >= 15 is 0 Å². The minimum atomic E-state index is 0.641. The monoisotopic (exact) mass is 434 g/mol. The fraction of sp³-hybridized carbons (Fsp3) is 0.273. The zero-order valence-corrected chi connectivity index (χ0v) is 19.4. The van der Waals surface area contributed by atoms with Crippen LogP contribution in [0.1, 0.15) is 42.5 Å². The first kappa shape index (κ1) is 22.7. The Morgan fingerprint density at radius 2 is 1.50 bits per heavy atom. The molecule has 0 amide bonds. The summed E-state index contributed by atoms with van der Waals surface area (Å²) >= 11 is 12.3. The average molecular weight is 435 g/mol. The van der Waals surface area contributed by atoms with Crippen molar-refractivity contribution in [1.29, 1.82) is 0 Å². The van der Waals surface area contributed by atoms with Gasteiger partial charge in [0.15, 0.2) is 5.75 Å². The van der Waals surface area contributed by atoms with E-state index in [4.69, 9.17) is 12.5 Å². The lowest BCUT2D eigenvalue weighted by Gasteiger charge is -2.21. The van der Waals surface area contributed by atoms with E-state index in [1.165, 1.54) is 0 Å². The van der Waals surface area contributed by atoms with Crippen LogP contribution in [0.15, 0.2) is 36.4 Å². The number of hydrogen-bond acceptors (Lipinski definition) is 6. The fourth-order valence-corrected chi connectivity index (χ4v) is 4.01. The molecule has 150 valence electrons. The van der Waals surface area contributed by atoms with Crippen molar-refractivity contribution in [1.82, 2.24) is 0 Å². The van der Waals surface area contributed by atoms with Gasteiger partial charge < -0.3 is 12.5 Å². The third kappa shape index (κ3) is 4.19. The molecule has 0 radical (unpaired) electrons. The summed E-state index contributed by atoms with van der Waals surface area (Å²) in [6.45, 7) is 10.00. The van der Waals surface area contributed by atoms with Crippen LogP contribution in [0.4, 0.5) is 0 Å². The molecular formula is C22H26O3S3. The van der Waals surface area contributed by atoms with E-state index in [9.17, 15) is 0 Å². The van der Waals surface area contributed by atoms with Gasteiger partial charge in [-0.05, 0) is 50.8 Å². The first-order valence-electron chi connectivity index (χ1n) is 9.01. The van der Waals surface area contributed by atoms with Gasteiger partial charge in [0.05, 0.1) is 0 Å². The van der Waals surface area contributed by atoms with E-state index in [2.05, 4.69) is 57.8 Å². The van der Waals surface area contributed by atoms with Gasteiger partial charge in [-0.1, -0.05) is 43.4 Å². The van der Waals surface area contributed by atoms with E-state index < -0.39 is 0 Å². The molecule has 2 aromatic carbocycles. The lowest BCUT2D eigenvalue weighted by Crippen LogP contribution is -2.00. The quantitative estimate of drug-likeness (QED) is 0.242. The largest absolute Gasteiger partial charge is 0.428 e. The van der Waals surface area contributed by atoms with E-state index in [-0.39, 0.29) is 0 Å². The van der Waals surface area contributed by atoms with Gasteiger partial charge in [-0.25, -0.2) is 0 Å². The van der Waals surface area contributed by atoms with E-state index in [0.29, 0.717) is 17.2 Å². The first-order chi connectivity index (χ1) is 13.5. The Morgan fingerprint density at radius 1 is 0.893 bits per heavy atom. The summed E-state index contributed by atoms with van der Waals surface area (Å²) < 4.78 is 16.4. The van der Waals surface area contributed by atoms with Crippen molar-refractivity contribution >= 4 is 44.3 Å². The molecule has 0 fully saturated rings. The molecule has 2 rings (SSSR count). The highest BCUT2D eigenvalue weighted by Gasteiger charge is 2.24. The van der Waals surface area contributed by atoms with Crippen LogP contribution in [-0.2, 0) is 0 Å². The maximum absolute atomic E-state index is 5.57. The standard InChI is InChI=1S/C22H26O3S3/c1-6-8-10-16(7-2)17-11-9-12-18(22(17)25-28)19-15(5)20(23-26)13(3)14(4)21(19)24-27/h7-12,26-28H,6H2,1-5H3/b10-8-,16-7+. The second-order valence-electron chi connectivity index (χ2n) is 6.42. The van der Waals surface area contributed by atoms with E-state index in [1.54, 1.807) is 0 Å². The van der Waals surface area contributed by atoms with Crippen LogP contribution in [0.2, 0.25) is 0 Å². The molecule has 0 aliphatic heterocycles. The molecule has 0 spiro atoms. The number of hydrogen-bond donors (Lipinski definition) is 3. The van der Waals surface area contributed by atoms with Gasteiger partial charge in [0.2, 0.25) is 0 Å². The second kappa shape index (κ2) is 10.2. The third-order valence-electron chi connectivity index (χ3n) is 4.90. The summed E-state index contributed by atoms with van der Waals surface area (Å²) in [5, 5.41) is 0. The van der Waals surface area contributed by atoms with Crippen LogP contribution in [-0.4, -0.2) is 0 Å². The number of allylic oxidation sites excluding steroid dienone is 4. The van der Waals surface area contributed by atoms with Gasteiger partial charge >= 0.3 is 0 Å². The van der Waals surface area contributed by atoms with Crippen LogP contribution >= 0.6 is 38.7 Å². The summed E-state index contributed by atoms with van der Waals surface area (Å²) in [5.74, 6) is 1.99. The molecule has 0 atom stereocenters. The Kier molecular flexibility index (Phi) is 8.28. The van der Waals surface area contributed by atoms with Crippen LogP contribution in [0.25, 0.3) is 16.7 Å². The molecule has 28 heavy (non-hydrogen) atoms. The molecule has 6 heteroatoms. The molecule has 0 aliphatic rings. The molecule has 3 nitrogen and oxygen atoms in total. The maximum Gasteiger partial charge on any atom is 0.152 e. The van der Waals surface area contributed by atoms with Crippen molar-refractivity contribution in [2.45, 2.75) is 41.0 Å². The Morgan fingerprint density at radius 3 is 2.04 bits per heavy atom. The Labute approximate surface area is 184 Å². The van der Waals surface area contributed by atoms with E-state index in [1.807, 2.05) is 52.0 Å². The molecular weight excluding hydrogens is 408 g/mol. The molecule has 0 saturated heterocycles. The van der Waals surface area contributed by atoms with Crippen LogP contribution in [0.3, 0.4) is 0 Å². The van der Waals surface area contributed by atoms with Crippen molar-refractivity contribution in [3.8, 4) is 28.4 Å². The molecule has 0 heterocycles. The predicted molar refractivity (Wildman–Crippen MR) is 128 cm³/mol. The van der Waals surface area contributed by atoms with Crippen LogP contribution < -0.4 is 12.5 Å². The number of thiol groups is 3. The molecule has 2 aromatic rings. The minimum Gasteiger partial charge on any atom is -0.428 e. The van der Waals surface area contributed by atoms with Crippen LogP contribution in [0.5, 0.6) is 17.2 Å². The number of rotatable bonds is 7. The summed E-state index contributed by atoms with van der Waals surface area (Å²) in [7, 11) is 0. The summed E-state index contributed by atoms with van der Waals surface area (Å²) in [6, 6.07) is 5.97. The molecule has 0 aromatic heterocycles. The minimum absolute atomic E-state index is 0.641. The fourth-order valence-electron chi connectivity index (χ4n) is 3.31. The molecule has 0 aliphatic carbocycles. The molecule has 0 N–H and O–H groups in total. The Balaban J connectivity index is 2.89. The van der Waals surface area contributed by atoms with E-state index in [0.717, 1.165) is 45.4 Å². The SMILES string of the molecule is C/C=C(\C=C/CC)c1cccc(-c2c(C)c(OS)c(C)c(C)c2OS)c1OS. The van der Waals surface area contributed by atoms with Crippen molar-refractivity contribution in [2.75, 3.05) is 0 Å². The summed E-state index contributed by atoms with van der Waals surface area (Å²) in [4.78, 5) is 0.